The van der Waals surface area contributed by atoms with Crippen molar-refractivity contribution in [3.63, 3.8) is 0 Å². The number of carbonyl (C=O) groups is 2. The van der Waals surface area contributed by atoms with Gasteiger partial charge in [-0.15, -0.1) is 11.3 Å². The Hall–Kier alpha value is -2.81. The molecule has 0 radical (unpaired) electrons. The molecule has 2 aromatic rings. The first-order valence-electron chi connectivity index (χ1n) is 8.22. The second kappa shape index (κ2) is 9.22. The lowest BCUT2D eigenvalue weighted by molar-refractivity contribution is -0.118. The van der Waals surface area contributed by atoms with Crippen molar-refractivity contribution in [3.05, 3.63) is 29.3 Å². The van der Waals surface area contributed by atoms with E-state index < -0.39 is 11.9 Å². The third kappa shape index (κ3) is 4.88. The first kappa shape index (κ1) is 20.5. The number of aromatic nitrogens is 1. The molecule has 0 aliphatic heterocycles. The average Bonchev–Trinajstić information content (AvgIpc) is 3.16. The van der Waals surface area contributed by atoms with Gasteiger partial charge in [-0.2, -0.15) is 0 Å². The van der Waals surface area contributed by atoms with Gasteiger partial charge in [0, 0.05) is 17.1 Å². The van der Waals surface area contributed by atoms with Gasteiger partial charge in [-0.3, -0.25) is 9.59 Å². The Morgan fingerprint density at radius 2 is 1.70 bits per heavy atom. The van der Waals surface area contributed by atoms with E-state index in [0.29, 0.717) is 22.4 Å². The third-order valence-electron chi connectivity index (χ3n) is 3.83. The Morgan fingerprint density at radius 1 is 1.07 bits per heavy atom. The van der Waals surface area contributed by atoms with Crippen LogP contribution in [0, 0.1) is 5.92 Å². The number of benzene rings is 1. The molecule has 0 saturated heterocycles. The van der Waals surface area contributed by atoms with Crippen molar-refractivity contribution in [3.8, 4) is 17.2 Å². The van der Waals surface area contributed by atoms with Gasteiger partial charge in [-0.25, -0.2) is 4.98 Å². The molecule has 1 atom stereocenters. The lowest BCUT2D eigenvalue weighted by atomic mass is 10.0. The van der Waals surface area contributed by atoms with Crippen LogP contribution in [0.2, 0.25) is 0 Å². The number of hydrogen-bond acceptors (Lipinski definition) is 7. The minimum atomic E-state index is -0.736. The van der Waals surface area contributed by atoms with Crippen LogP contribution in [0.4, 0.5) is 5.13 Å². The summed E-state index contributed by atoms with van der Waals surface area (Å²) in [6, 6.07) is 2.33. The second-order valence-corrected chi connectivity index (χ2v) is 6.83. The highest BCUT2D eigenvalue weighted by atomic mass is 32.1. The summed E-state index contributed by atoms with van der Waals surface area (Å²) >= 11 is 1.31. The Bertz CT molecular complexity index is 767. The first-order valence-corrected chi connectivity index (χ1v) is 9.10. The second-order valence-electron chi connectivity index (χ2n) is 5.94. The van der Waals surface area contributed by atoms with E-state index in [-0.39, 0.29) is 17.4 Å². The molecule has 0 aliphatic rings. The van der Waals surface area contributed by atoms with E-state index in [4.69, 9.17) is 14.2 Å². The third-order valence-corrected chi connectivity index (χ3v) is 4.51. The molecule has 0 saturated carbocycles. The molecule has 9 heteroatoms. The number of amides is 2. The number of nitrogens with zero attached hydrogens (tertiary/aromatic N) is 1. The van der Waals surface area contributed by atoms with Crippen LogP contribution in [-0.2, 0) is 4.79 Å². The highest BCUT2D eigenvalue weighted by molar-refractivity contribution is 7.13. The quantitative estimate of drug-likeness (QED) is 0.715. The predicted molar refractivity (Wildman–Crippen MR) is 103 cm³/mol. The molecular formula is C18H23N3O5S. The Kier molecular flexibility index (Phi) is 7.00. The Morgan fingerprint density at radius 3 is 2.15 bits per heavy atom. The van der Waals surface area contributed by atoms with Crippen molar-refractivity contribution in [2.24, 2.45) is 5.92 Å². The van der Waals surface area contributed by atoms with E-state index in [1.807, 2.05) is 13.8 Å². The molecule has 2 rings (SSSR count). The maximum absolute atomic E-state index is 12.7. The molecule has 146 valence electrons. The molecule has 8 nitrogen and oxygen atoms in total. The zero-order valence-electron chi connectivity index (χ0n) is 15.9. The number of carbonyl (C=O) groups excluding carboxylic acids is 2. The van der Waals surface area contributed by atoms with Crippen LogP contribution in [0.15, 0.2) is 23.7 Å². The van der Waals surface area contributed by atoms with Gasteiger partial charge in [0.15, 0.2) is 16.6 Å². The lowest BCUT2D eigenvalue weighted by Gasteiger charge is -2.21. The van der Waals surface area contributed by atoms with Gasteiger partial charge < -0.3 is 24.8 Å². The normalized spacial score (nSPS) is 11.6. The monoisotopic (exact) mass is 393 g/mol. The molecule has 0 aliphatic carbocycles. The fraction of sp³-hybridized carbons (Fsp3) is 0.389. The van der Waals surface area contributed by atoms with Crippen LogP contribution in [0.3, 0.4) is 0 Å². The van der Waals surface area contributed by atoms with E-state index >= 15 is 0 Å². The van der Waals surface area contributed by atoms with E-state index in [9.17, 15) is 9.59 Å². The fourth-order valence-electron chi connectivity index (χ4n) is 2.44. The number of anilines is 1. The van der Waals surface area contributed by atoms with Crippen molar-refractivity contribution >= 4 is 28.3 Å². The topological polar surface area (TPSA) is 98.8 Å². The van der Waals surface area contributed by atoms with Crippen LogP contribution in [0.25, 0.3) is 0 Å². The van der Waals surface area contributed by atoms with Crippen molar-refractivity contribution in [2.45, 2.75) is 19.9 Å². The average molecular weight is 393 g/mol. The lowest BCUT2D eigenvalue weighted by Crippen LogP contribution is -2.47. The summed E-state index contributed by atoms with van der Waals surface area (Å²) in [5.74, 6) is 0.211. The van der Waals surface area contributed by atoms with Crippen molar-refractivity contribution < 1.29 is 23.8 Å². The Labute approximate surface area is 161 Å². The molecule has 1 aromatic heterocycles. The van der Waals surface area contributed by atoms with Gasteiger partial charge in [-0.1, -0.05) is 13.8 Å². The van der Waals surface area contributed by atoms with Gasteiger partial charge in [0.1, 0.15) is 6.04 Å². The Balaban J connectivity index is 2.23. The van der Waals surface area contributed by atoms with E-state index in [1.165, 1.54) is 44.8 Å². The van der Waals surface area contributed by atoms with Crippen molar-refractivity contribution in [1.82, 2.24) is 10.3 Å². The summed E-state index contributed by atoms with van der Waals surface area (Å²) in [5.41, 5.74) is 0.289. The van der Waals surface area contributed by atoms with Crippen LogP contribution in [0.1, 0.15) is 24.2 Å². The maximum atomic E-state index is 12.7. The summed E-state index contributed by atoms with van der Waals surface area (Å²) in [6.07, 6.45) is 1.60. The van der Waals surface area contributed by atoms with E-state index in [1.54, 1.807) is 11.6 Å². The molecule has 27 heavy (non-hydrogen) atoms. The number of methoxy groups -OCH3 is 3. The highest BCUT2D eigenvalue weighted by Gasteiger charge is 2.26. The van der Waals surface area contributed by atoms with Gasteiger partial charge >= 0.3 is 0 Å². The molecule has 0 fully saturated rings. The van der Waals surface area contributed by atoms with Crippen LogP contribution in [-0.4, -0.2) is 44.2 Å². The molecule has 0 spiro atoms. The van der Waals surface area contributed by atoms with Crippen molar-refractivity contribution in [1.29, 1.82) is 0 Å². The minimum Gasteiger partial charge on any atom is -0.493 e. The number of ether oxygens (including phenoxy) is 3. The molecule has 0 bridgehead atoms. The first-order chi connectivity index (χ1) is 12.9. The molecule has 2 N–H and O–H groups in total. The van der Waals surface area contributed by atoms with E-state index in [2.05, 4.69) is 15.6 Å². The van der Waals surface area contributed by atoms with Crippen molar-refractivity contribution in [2.75, 3.05) is 26.6 Å². The van der Waals surface area contributed by atoms with Crippen LogP contribution in [0.5, 0.6) is 17.2 Å². The molecule has 1 aromatic carbocycles. The molecule has 1 heterocycles. The SMILES string of the molecule is COc1cc(C(=O)N[C@@H](C(=O)Nc2nccs2)C(C)C)cc(OC)c1OC. The van der Waals surface area contributed by atoms with Gasteiger partial charge in [0.05, 0.1) is 21.3 Å². The maximum Gasteiger partial charge on any atom is 0.252 e. The van der Waals surface area contributed by atoms with E-state index in [0.717, 1.165) is 0 Å². The summed E-state index contributed by atoms with van der Waals surface area (Å²) in [4.78, 5) is 29.3. The smallest absolute Gasteiger partial charge is 0.252 e. The zero-order chi connectivity index (χ0) is 20.0. The van der Waals surface area contributed by atoms with Gasteiger partial charge in [0.25, 0.3) is 5.91 Å². The number of thiazole rings is 1. The minimum absolute atomic E-state index is 0.129. The number of hydrogen-bond donors (Lipinski definition) is 2. The number of nitrogens with one attached hydrogen (secondary N) is 2. The summed E-state index contributed by atoms with van der Waals surface area (Å²) in [6.45, 7) is 3.70. The standard InChI is InChI=1S/C18H23N3O5S/c1-10(2)14(17(23)21-18-19-6-7-27-18)20-16(22)11-8-12(24-3)15(26-5)13(9-11)25-4/h6-10,14H,1-5H3,(H,20,22)(H,19,21,23)/t14-/m1/s1. The molecule has 2 amide bonds. The predicted octanol–water partition coefficient (Wildman–Crippen LogP) is 2.56. The summed E-state index contributed by atoms with van der Waals surface area (Å²) < 4.78 is 15.8. The van der Waals surface area contributed by atoms with Crippen LogP contribution < -0.4 is 24.8 Å². The highest BCUT2D eigenvalue weighted by Crippen LogP contribution is 2.38. The summed E-state index contributed by atoms with van der Waals surface area (Å²) in [5, 5.41) is 7.70. The summed E-state index contributed by atoms with van der Waals surface area (Å²) in [7, 11) is 4.42. The van der Waals surface area contributed by atoms with Gasteiger partial charge in [-0.05, 0) is 18.1 Å². The zero-order valence-corrected chi connectivity index (χ0v) is 16.7. The fourth-order valence-corrected chi connectivity index (χ4v) is 2.97. The number of rotatable bonds is 8. The van der Waals surface area contributed by atoms with Gasteiger partial charge in [0.2, 0.25) is 11.7 Å². The van der Waals surface area contributed by atoms with Crippen LogP contribution >= 0.6 is 11.3 Å². The largest absolute Gasteiger partial charge is 0.493 e. The molecular weight excluding hydrogens is 370 g/mol. The molecule has 0 unspecified atom stereocenters.